The standard InChI is InChI=1S/C18H24N2O3/c1-4-10-19-17-9-5-7-15(13-17)12-16(18(22)23-3)8-6-11-20(2)14-21/h1,5,7,9,13-14,16,19H,6,8,10-12H2,2-3H3. The van der Waals surface area contributed by atoms with Crippen molar-refractivity contribution >= 4 is 18.1 Å². The molecule has 0 aromatic heterocycles. The predicted molar refractivity (Wildman–Crippen MR) is 90.9 cm³/mol. The van der Waals surface area contributed by atoms with Gasteiger partial charge >= 0.3 is 5.97 Å². The Morgan fingerprint density at radius 3 is 2.96 bits per heavy atom. The van der Waals surface area contributed by atoms with Crippen molar-refractivity contribution in [2.75, 3.05) is 32.6 Å². The van der Waals surface area contributed by atoms with Crippen LogP contribution in [0.1, 0.15) is 18.4 Å². The Hall–Kier alpha value is -2.48. The highest BCUT2D eigenvalue weighted by molar-refractivity contribution is 5.72. The van der Waals surface area contributed by atoms with E-state index in [0.29, 0.717) is 25.9 Å². The zero-order valence-electron chi connectivity index (χ0n) is 13.7. The van der Waals surface area contributed by atoms with Crippen LogP contribution in [0.5, 0.6) is 0 Å². The number of esters is 1. The minimum absolute atomic E-state index is 0.220. The topological polar surface area (TPSA) is 58.6 Å². The summed E-state index contributed by atoms with van der Waals surface area (Å²) in [5.74, 6) is 2.09. The average Bonchev–Trinajstić information content (AvgIpc) is 2.58. The van der Waals surface area contributed by atoms with Crippen molar-refractivity contribution in [3.05, 3.63) is 29.8 Å². The zero-order valence-corrected chi connectivity index (χ0v) is 13.7. The second-order valence-electron chi connectivity index (χ2n) is 5.41. The second-order valence-corrected chi connectivity index (χ2v) is 5.41. The number of rotatable bonds is 10. The van der Waals surface area contributed by atoms with Gasteiger partial charge in [0.1, 0.15) is 0 Å². The summed E-state index contributed by atoms with van der Waals surface area (Å²) in [5.41, 5.74) is 1.98. The fourth-order valence-electron chi connectivity index (χ4n) is 2.36. The lowest BCUT2D eigenvalue weighted by atomic mass is 9.94. The van der Waals surface area contributed by atoms with Crippen LogP contribution < -0.4 is 5.32 Å². The van der Waals surface area contributed by atoms with E-state index in [4.69, 9.17) is 11.2 Å². The van der Waals surface area contributed by atoms with Crippen molar-refractivity contribution in [2.45, 2.75) is 19.3 Å². The van der Waals surface area contributed by atoms with Crippen LogP contribution >= 0.6 is 0 Å². The molecule has 1 N–H and O–H groups in total. The summed E-state index contributed by atoms with van der Waals surface area (Å²) in [6, 6.07) is 7.84. The van der Waals surface area contributed by atoms with Gasteiger partial charge in [0.25, 0.3) is 0 Å². The summed E-state index contributed by atoms with van der Waals surface area (Å²) >= 11 is 0. The third kappa shape index (κ3) is 6.88. The quantitative estimate of drug-likeness (QED) is 0.407. The third-order valence-electron chi connectivity index (χ3n) is 3.58. The number of carbonyl (C=O) groups excluding carboxylic acids is 2. The second kappa shape index (κ2) is 10.3. The molecule has 0 saturated heterocycles. The number of methoxy groups -OCH3 is 1. The Morgan fingerprint density at radius 1 is 1.52 bits per heavy atom. The molecule has 0 aliphatic rings. The van der Waals surface area contributed by atoms with E-state index in [9.17, 15) is 9.59 Å². The average molecular weight is 316 g/mol. The summed E-state index contributed by atoms with van der Waals surface area (Å²) in [5, 5.41) is 3.12. The first-order valence-electron chi connectivity index (χ1n) is 7.60. The van der Waals surface area contributed by atoms with Crippen molar-refractivity contribution in [1.82, 2.24) is 4.90 Å². The largest absolute Gasteiger partial charge is 0.469 e. The van der Waals surface area contributed by atoms with Crippen molar-refractivity contribution in [3.63, 3.8) is 0 Å². The highest BCUT2D eigenvalue weighted by Crippen LogP contribution is 2.19. The summed E-state index contributed by atoms with van der Waals surface area (Å²) in [6.07, 6.45) is 8.05. The van der Waals surface area contributed by atoms with Crippen LogP contribution in [-0.2, 0) is 20.7 Å². The first kappa shape index (κ1) is 18.6. The first-order chi connectivity index (χ1) is 11.1. The first-order valence-corrected chi connectivity index (χ1v) is 7.60. The van der Waals surface area contributed by atoms with E-state index in [1.165, 1.54) is 7.11 Å². The molecule has 124 valence electrons. The Labute approximate surface area is 138 Å². The molecule has 0 heterocycles. The SMILES string of the molecule is C#CCNc1cccc(CC(CCCN(C)C=O)C(=O)OC)c1. The van der Waals surface area contributed by atoms with Gasteiger partial charge < -0.3 is 15.0 Å². The molecular formula is C18H24N2O3. The molecule has 1 amide bonds. The molecule has 0 saturated carbocycles. The Morgan fingerprint density at radius 2 is 2.30 bits per heavy atom. The van der Waals surface area contributed by atoms with Gasteiger partial charge in [-0.15, -0.1) is 6.42 Å². The fraction of sp³-hybridized carbons (Fsp3) is 0.444. The maximum Gasteiger partial charge on any atom is 0.308 e. The number of ether oxygens (including phenoxy) is 1. The van der Waals surface area contributed by atoms with Crippen molar-refractivity contribution in [3.8, 4) is 12.3 Å². The van der Waals surface area contributed by atoms with E-state index < -0.39 is 0 Å². The number of carbonyl (C=O) groups is 2. The molecular weight excluding hydrogens is 292 g/mol. The lowest BCUT2D eigenvalue weighted by molar-refractivity contribution is -0.145. The Balaban J connectivity index is 2.67. The van der Waals surface area contributed by atoms with Gasteiger partial charge in [0.05, 0.1) is 19.6 Å². The van der Waals surface area contributed by atoms with E-state index >= 15 is 0 Å². The molecule has 0 radical (unpaired) electrons. The van der Waals surface area contributed by atoms with Crippen LogP contribution in [0.25, 0.3) is 0 Å². The number of terminal acetylenes is 1. The minimum atomic E-state index is -0.222. The van der Waals surface area contributed by atoms with Gasteiger partial charge in [-0.2, -0.15) is 0 Å². The summed E-state index contributed by atoms with van der Waals surface area (Å²) in [6.45, 7) is 1.09. The molecule has 0 fully saturated rings. The van der Waals surface area contributed by atoms with Crippen LogP contribution in [-0.4, -0.2) is 44.5 Å². The zero-order chi connectivity index (χ0) is 17.1. The fourth-order valence-corrected chi connectivity index (χ4v) is 2.36. The molecule has 1 unspecified atom stereocenters. The number of benzene rings is 1. The van der Waals surface area contributed by atoms with Gasteiger partial charge in [-0.05, 0) is 37.0 Å². The summed E-state index contributed by atoms with van der Waals surface area (Å²) in [4.78, 5) is 24.1. The third-order valence-corrected chi connectivity index (χ3v) is 3.58. The number of hydrogen-bond donors (Lipinski definition) is 1. The van der Waals surface area contributed by atoms with E-state index in [1.54, 1.807) is 11.9 Å². The van der Waals surface area contributed by atoms with Crippen LogP contribution in [0.4, 0.5) is 5.69 Å². The van der Waals surface area contributed by atoms with Gasteiger partial charge in [0.2, 0.25) is 6.41 Å². The summed E-state index contributed by atoms with van der Waals surface area (Å²) in [7, 11) is 3.12. The summed E-state index contributed by atoms with van der Waals surface area (Å²) < 4.78 is 4.90. The number of anilines is 1. The van der Waals surface area contributed by atoms with Gasteiger partial charge in [0, 0.05) is 19.3 Å². The predicted octanol–water partition coefficient (Wildman–Crippen LogP) is 1.93. The van der Waals surface area contributed by atoms with Crippen LogP contribution in [0.15, 0.2) is 24.3 Å². The van der Waals surface area contributed by atoms with Crippen LogP contribution in [0, 0.1) is 18.3 Å². The van der Waals surface area contributed by atoms with E-state index in [0.717, 1.165) is 24.1 Å². The highest BCUT2D eigenvalue weighted by atomic mass is 16.5. The molecule has 0 aliphatic carbocycles. The maximum atomic E-state index is 12.0. The maximum absolute atomic E-state index is 12.0. The molecule has 1 atom stereocenters. The molecule has 1 rings (SSSR count). The molecule has 23 heavy (non-hydrogen) atoms. The van der Waals surface area contributed by atoms with Gasteiger partial charge in [-0.25, -0.2) is 0 Å². The lowest BCUT2D eigenvalue weighted by Gasteiger charge is -2.17. The molecule has 5 heteroatoms. The normalized spacial score (nSPS) is 11.2. The minimum Gasteiger partial charge on any atom is -0.469 e. The molecule has 1 aromatic rings. The highest BCUT2D eigenvalue weighted by Gasteiger charge is 2.19. The monoisotopic (exact) mass is 316 g/mol. The Bertz CT molecular complexity index is 551. The lowest BCUT2D eigenvalue weighted by Crippen LogP contribution is -2.22. The van der Waals surface area contributed by atoms with Gasteiger partial charge in [0.15, 0.2) is 0 Å². The number of nitrogens with one attached hydrogen (secondary N) is 1. The van der Waals surface area contributed by atoms with E-state index in [2.05, 4.69) is 11.2 Å². The molecule has 5 nitrogen and oxygen atoms in total. The Kier molecular flexibility index (Phi) is 8.30. The van der Waals surface area contributed by atoms with Crippen molar-refractivity contribution in [1.29, 1.82) is 0 Å². The van der Waals surface area contributed by atoms with Crippen LogP contribution in [0.2, 0.25) is 0 Å². The molecule has 0 spiro atoms. The molecule has 0 aliphatic heterocycles. The van der Waals surface area contributed by atoms with Gasteiger partial charge in [-0.1, -0.05) is 18.1 Å². The number of amides is 1. The number of hydrogen-bond acceptors (Lipinski definition) is 4. The van der Waals surface area contributed by atoms with Crippen molar-refractivity contribution < 1.29 is 14.3 Å². The van der Waals surface area contributed by atoms with Crippen molar-refractivity contribution in [2.24, 2.45) is 5.92 Å². The molecule has 1 aromatic carbocycles. The molecule has 0 bridgehead atoms. The van der Waals surface area contributed by atoms with Crippen LogP contribution in [0.3, 0.4) is 0 Å². The number of nitrogens with zero attached hydrogens (tertiary/aromatic N) is 1. The smallest absolute Gasteiger partial charge is 0.308 e. The van der Waals surface area contributed by atoms with E-state index in [1.807, 2.05) is 24.3 Å². The van der Waals surface area contributed by atoms with E-state index in [-0.39, 0.29) is 11.9 Å². The van der Waals surface area contributed by atoms with Gasteiger partial charge in [-0.3, -0.25) is 9.59 Å².